The minimum absolute atomic E-state index is 0.0213. The Hall–Kier alpha value is -2.76. The molecule has 0 bridgehead atoms. The molecule has 1 fully saturated rings. The molecule has 2 aromatic carbocycles. The van der Waals surface area contributed by atoms with Gasteiger partial charge in [-0.2, -0.15) is 13.1 Å². The van der Waals surface area contributed by atoms with Crippen LogP contribution in [0.15, 0.2) is 47.4 Å². The number of morpholine rings is 1. The summed E-state index contributed by atoms with van der Waals surface area (Å²) in [7, 11) is -2.48. The first-order chi connectivity index (χ1) is 14.3. The number of nitrogens with zero attached hydrogens (tertiary/aromatic N) is 1. The molecule has 11 heteroatoms. The average Bonchev–Trinajstić information content (AvgIpc) is 2.73. The second-order valence-electron chi connectivity index (χ2n) is 6.24. The first-order valence-electron chi connectivity index (χ1n) is 8.93. The van der Waals surface area contributed by atoms with Crippen LogP contribution < -0.4 is 14.8 Å². The number of carbonyl (C=O) groups excluding carboxylic acids is 1. The third-order valence-corrected chi connectivity index (χ3v) is 6.24. The Balaban J connectivity index is 1.87. The minimum Gasteiger partial charge on any atom is -0.496 e. The highest BCUT2D eigenvalue weighted by Crippen LogP contribution is 2.27. The van der Waals surface area contributed by atoms with Gasteiger partial charge in [-0.05, 0) is 30.3 Å². The van der Waals surface area contributed by atoms with Crippen molar-refractivity contribution in [3.05, 3.63) is 48.0 Å². The molecular weight excluding hydrogens is 422 g/mol. The Morgan fingerprint density at radius 2 is 1.90 bits per heavy atom. The van der Waals surface area contributed by atoms with Crippen LogP contribution in [0.2, 0.25) is 0 Å². The van der Waals surface area contributed by atoms with Gasteiger partial charge in [0.1, 0.15) is 11.5 Å². The van der Waals surface area contributed by atoms with Crippen molar-refractivity contribution < 1.29 is 36.2 Å². The fourth-order valence-electron chi connectivity index (χ4n) is 2.91. The second kappa shape index (κ2) is 9.37. The van der Waals surface area contributed by atoms with Gasteiger partial charge in [-0.25, -0.2) is 8.42 Å². The normalized spacial score (nSPS) is 15.1. The third kappa shape index (κ3) is 5.04. The van der Waals surface area contributed by atoms with Crippen LogP contribution >= 0.6 is 0 Å². The Morgan fingerprint density at radius 3 is 2.57 bits per heavy atom. The third-order valence-electron chi connectivity index (χ3n) is 4.34. The van der Waals surface area contributed by atoms with E-state index < -0.39 is 22.5 Å². The summed E-state index contributed by atoms with van der Waals surface area (Å²) < 4.78 is 66.5. The molecule has 0 spiro atoms. The van der Waals surface area contributed by atoms with Crippen LogP contribution in [0, 0.1) is 0 Å². The summed E-state index contributed by atoms with van der Waals surface area (Å²) in [6.45, 7) is -1.99. The summed E-state index contributed by atoms with van der Waals surface area (Å²) in [5.41, 5.74) is 0.175. The molecule has 1 aliphatic heterocycles. The number of benzene rings is 2. The first kappa shape index (κ1) is 21.9. The number of amides is 1. The fraction of sp³-hybridized carbons (Fsp3) is 0.316. The van der Waals surface area contributed by atoms with Crippen LogP contribution in [0.25, 0.3) is 0 Å². The average molecular weight is 442 g/mol. The van der Waals surface area contributed by atoms with Crippen LogP contribution in [0.5, 0.6) is 11.5 Å². The zero-order valence-corrected chi connectivity index (χ0v) is 16.8. The number of alkyl halides is 2. The number of hydrogen-bond donors (Lipinski definition) is 1. The van der Waals surface area contributed by atoms with Crippen molar-refractivity contribution >= 4 is 21.6 Å². The predicted octanol–water partition coefficient (Wildman–Crippen LogP) is 2.57. The number of rotatable bonds is 7. The number of ether oxygens (including phenoxy) is 3. The lowest BCUT2D eigenvalue weighted by molar-refractivity contribution is -0.0498. The van der Waals surface area contributed by atoms with E-state index in [0.29, 0.717) is 13.2 Å². The van der Waals surface area contributed by atoms with Gasteiger partial charge in [0.25, 0.3) is 5.91 Å². The zero-order valence-electron chi connectivity index (χ0n) is 16.0. The molecular formula is C19H20F2N2O6S. The van der Waals surface area contributed by atoms with Crippen molar-refractivity contribution in [2.45, 2.75) is 11.5 Å². The molecule has 8 nitrogen and oxygen atoms in total. The lowest BCUT2D eigenvalue weighted by Crippen LogP contribution is -2.40. The van der Waals surface area contributed by atoms with Crippen LogP contribution in [0.3, 0.4) is 0 Å². The van der Waals surface area contributed by atoms with Gasteiger partial charge in [0.2, 0.25) is 10.0 Å². The molecule has 1 saturated heterocycles. The number of anilines is 1. The Labute approximate surface area is 172 Å². The van der Waals surface area contributed by atoms with E-state index >= 15 is 0 Å². The van der Waals surface area contributed by atoms with Gasteiger partial charge in [0.05, 0.1) is 30.8 Å². The van der Waals surface area contributed by atoms with Gasteiger partial charge >= 0.3 is 6.61 Å². The van der Waals surface area contributed by atoms with E-state index in [1.54, 1.807) is 0 Å². The van der Waals surface area contributed by atoms with Gasteiger partial charge < -0.3 is 19.5 Å². The molecule has 30 heavy (non-hydrogen) atoms. The largest absolute Gasteiger partial charge is 0.496 e. The Kier molecular flexibility index (Phi) is 6.85. The van der Waals surface area contributed by atoms with Gasteiger partial charge in [-0.1, -0.05) is 6.07 Å². The molecule has 2 aromatic rings. The lowest BCUT2D eigenvalue weighted by atomic mass is 10.2. The topological polar surface area (TPSA) is 94.2 Å². The fourth-order valence-corrected chi connectivity index (χ4v) is 4.34. The number of carbonyl (C=O) groups is 1. The van der Waals surface area contributed by atoms with Crippen molar-refractivity contribution in [2.75, 3.05) is 38.7 Å². The number of sulfonamides is 1. The van der Waals surface area contributed by atoms with E-state index in [9.17, 15) is 22.0 Å². The van der Waals surface area contributed by atoms with Crippen LogP contribution in [-0.2, 0) is 14.8 Å². The maximum Gasteiger partial charge on any atom is 0.387 e. The van der Waals surface area contributed by atoms with E-state index in [0.717, 1.165) is 0 Å². The van der Waals surface area contributed by atoms with Crippen molar-refractivity contribution in [2.24, 2.45) is 0 Å². The summed E-state index contributed by atoms with van der Waals surface area (Å²) in [5, 5.41) is 2.53. The highest BCUT2D eigenvalue weighted by atomic mass is 32.2. The van der Waals surface area contributed by atoms with E-state index in [4.69, 9.17) is 9.47 Å². The maximum atomic E-state index is 12.9. The molecule has 0 saturated carbocycles. The molecule has 0 atom stereocenters. The Morgan fingerprint density at radius 1 is 1.17 bits per heavy atom. The summed E-state index contributed by atoms with van der Waals surface area (Å²) in [5.74, 6) is -0.633. The SMILES string of the molecule is COc1ccc(S(=O)(=O)N2CCOCC2)cc1C(=O)Nc1cccc(OC(F)F)c1. The van der Waals surface area contributed by atoms with Crippen LogP contribution in [0.4, 0.5) is 14.5 Å². The summed E-state index contributed by atoms with van der Waals surface area (Å²) in [6, 6.07) is 9.43. The highest BCUT2D eigenvalue weighted by Gasteiger charge is 2.28. The van der Waals surface area contributed by atoms with Gasteiger partial charge in [-0.15, -0.1) is 0 Å². The van der Waals surface area contributed by atoms with E-state index in [-0.39, 0.29) is 40.7 Å². The summed E-state index contributed by atoms with van der Waals surface area (Å²) >= 11 is 0. The lowest BCUT2D eigenvalue weighted by Gasteiger charge is -2.26. The molecule has 3 rings (SSSR count). The number of methoxy groups -OCH3 is 1. The molecule has 0 radical (unpaired) electrons. The number of halogens is 2. The van der Waals surface area contributed by atoms with Gasteiger partial charge in [-0.3, -0.25) is 4.79 Å². The smallest absolute Gasteiger partial charge is 0.387 e. The van der Waals surface area contributed by atoms with E-state index in [1.165, 1.54) is 53.9 Å². The Bertz CT molecular complexity index is 1010. The highest BCUT2D eigenvalue weighted by molar-refractivity contribution is 7.89. The molecule has 1 N–H and O–H groups in total. The zero-order chi connectivity index (χ0) is 21.7. The molecule has 1 amide bonds. The standard InChI is InChI=1S/C19H20F2N2O6S/c1-27-17-6-5-15(30(25,26)23-7-9-28-10-8-23)12-16(17)18(24)22-13-3-2-4-14(11-13)29-19(20)21/h2-6,11-12,19H,7-10H2,1H3,(H,22,24). The van der Waals surface area contributed by atoms with E-state index in [2.05, 4.69) is 10.1 Å². The van der Waals surface area contributed by atoms with Crippen LogP contribution in [-0.4, -0.2) is 58.7 Å². The van der Waals surface area contributed by atoms with Crippen molar-refractivity contribution in [3.63, 3.8) is 0 Å². The van der Waals surface area contributed by atoms with Crippen molar-refractivity contribution in [1.29, 1.82) is 0 Å². The van der Waals surface area contributed by atoms with E-state index in [1.807, 2.05) is 0 Å². The number of nitrogens with one attached hydrogen (secondary N) is 1. The minimum atomic E-state index is -3.82. The number of hydrogen-bond acceptors (Lipinski definition) is 6. The molecule has 162 valence electrons. The maximum absolute atomic E-state index is 12.9. The molecule has 1 heterocycles. The second-order valence-corrected chi connectivity index (χ2v) is 8.18. The van der Waals surface area contributed by atoms with Crippen molar-refractivity contribution in [3.8, 4) is 11.5 Å². The van der Waals surface area contributed by atoms with Gasteiger partial charge in [0, 0.05) is 24.8 Å². The summed E-state index contributed by atoms with van der Waals surface area (Å²) in [6.07, 6.45) is 0. The van der Waals surface area contributed by atoms with Crippen LogP contribution in [0.1, 0.15) is 10.4 Å². The van der Waals surface area contributed by atoms with Crippen molar-refractivity contribution in [1.82, 2.24) is 4.31 Å². The quantitative estimate of drug-likeness (QED) is 0.709. The van der Waals surface area contributed by atoms with Gasteiger partial charge in [0.15, 0.2) is 0 Å². The molecule has 0 aromatic heterocycles. The predicted molar refractivity (Wildman–Crippen MR) is 104 cm³/mol. The molecule has 1 aliphatic rings. The monoisotopic (exact) mass is 442 g/mol. The first-order valence-corrected chi connectivity index (χ1v) is 10.4. The molecule has 0 aliphatic carbocycles. The molecule has 0 unspecified atom stereocenters. The summed E-state index contributed by atoms with van der Waals surface area (Å²) in [4.78, 5) is 12.7.